The van der Waals surface area contributed by atoms with E-state index >= 15 is 0 Å². The van der Waals surface area contributed by atoms with Gasteiger partial charge in [0.05, 0.1) is 11.9 Å². The summed E-state index contributed by atoms with van der Waals surface area (Å²) in [6.45, 7) is 0. The molecule has 2 heterocycles. The predicted molar refractivity (Wildman–Crippen MR) is 39.7 cm³/mol. The van der Waals surface area contributed by atoms with Crippen LogP contribution in [0.1, 0.15) is 0 Å². The summed E-state index contributed by atoms with van der Waals surface area (Å²) < 4.78 is 0. The van der Waals surface area contributed by atoms with Gasteiger partial charge in [-0.05, 0) is 12.2 Å². The average Bonchev–Trinajstić information content (AvgIpc) is 2.05. The van der Waals surface area contributed by atoms with Gasteiger partial charge in [0.1, 0.15) is 0 Å². The highest BCUT2D eigenvalue weighted by Crippen LogP contribution is 2.14. The average molecular weight is 131 g/mol. The van der Waals surface area contributed by atoms with Crippen LogP contribution in [0.5, 0.6) is 0 Å². The molecule has 2 rings (SSSR count). The van der Waals surface area contributed by atoms with Gasteiger partial charge in [-0.25, -0.2) is 0 Å². The van der Waals surface area contributed by atoms with E-state index in [0.29, 0.717) is 0 Å². The maximum atomic E-state index is 3.98. The van der Waals surface area contributed by atoms with Gasteiger partial charge in [0.25, 0.3) is 0 Å². The molecule has 1 N–H and O–H groups in total. The van der Waals surface area contributed by atoms with Crippen molar-refractivity contribution in [2.24, 2.45) is 0 Å². The minimum Gasteiger partial charge on any atom is -0.360 e. The standard InChI is InChI=1S/C8H7N2/c1-2-7-3-5-9-6-8(7)10-4-1/h1-6,10H. The second-order valence-corrected chi connectivity index (χ2v) is 2.13. The highest BCUT2D eigenvalue weighted by molar-refractivity contribution is 5.45. The molecule has 10 heavy (non-hydrogen) atoms. The van der Waals surface area contributed by atoms with Crippen LogP contribution in [0.25, 0.3) is 0 Å². The minimum absolute atomic E-state index is 1.07. The third-order valence-corrected chi connectivity index (χ3v) is 1.47. The number of nitrogens with one attached hydrogen (secondary N) is 1. The SMILES string of the molecule is C1=CNC2=C[N]C=CC2=C1. The Morgan fingerprint density at radius 3 is 3.30 bits per heavy atom. The minimum atomic E-state index is 1.07. The lowest BCUT2D eigenvalue weighted by Crippen LogP contribution is -2.13. The maximum absolute atomic E-state index is 3.98. The first-order chi connectivity index (χ1) is 4.97. The lowest BCUT2D eigenvalue weighted by Gasteiger charge is -2.13. The number of nitrogens with zero attached hydrogens (tertiary/aromatic N) is 1. The molecule has 2 nitrogen and oxygen atoms in total. The molecule has 0 saturated heterocycles. The summed E-state index contributed by atoms with van der Waals surface area (Å²) in [6, 6.07) is 0. The molecular weight excluding hydrogens is 124 g/mol. The fourth-order valence-electron chi connectivity index (χ4n) is 0.961. The third-order valence-electron chi connectivity index (χ3n) is 1.47. The molecule has 0 unspecified atom stereocenters. The normalized spacial score (nSPS) is 20.0. The van der Waals surface area contributed by atoms with Crippen molar-refractivity contribution in [3.8, 4) is 0 Å². The van der Waals surface area contributed by atoms with Crippen LogP contribution >= 0.6 is 0 Å². The van der Waals surface area contributed by atoms with E-state index in [2.05, 4.69) is 10.6 Å². The Kier molecular flexibility index (Phi) is 1.10. The first-order valence-corrected chi connectivity index (χ1v) is 3.17. The van der Waals surface area contributed by atoms with Crippen LogP contribution in [-0.2, 0) is 0 Å². The van der Waals surface area contributed by atoms with Crippen LogP contribution < -0.4 is 10.6 Å². The smallest absolute Gasteiger partial charge is 0.0639 e. The van der Waals surface area contributed by atoms with Crippen LogP contribution in [0.4, 0.5) is 0 Å². The highest BCUT2D eigenvalue weighted by Gasteiger charge is 2.05. The summed E-state index contributed by atoms with van der Waals surface area (Å²) in [5.74, 6) is 0. The second kappa shape index (κ2) is 2.06. The Balaban J connectivity index is 2.39. The van der Waals surface area contributed by atoms with Crippen LogP contribution in [0, 0.1) is 0 Å². The summed E-state index contributed by atoms with van der Waals surface area (Å²) in [5, 5.41) is 7.07. The fraction of sp³-hybridized carbons (Fsp3) is 0. The largest absolute Gasteiger partial charge is 0.360 e. The van der Waals surface area contributed by atoms with E-state index in [1.807, 2.05) is 30.6 Å². The van der Waals surface area contributed by atoms with Crippen molar-refractivity contribution in [3.05, 3.63) is 48.1 Å². The van der Waals surface area contributed by atoms with Crippen LogP contribution in [-0.4, -0.2) is 0 Å². The van der Waals surface area contributed by atoms with E-state index in [-0.39, 0.29) is 0 Å². The maximum Gasteiger partial charge on any atom is 0.0639 e. The molecule has 2 aliphatic rings. The van der Waals surface area contributed by atoms with Gasteiger partial charge in [-0.1, -0.05) is 6.08 Å². The third kappa shape index (κ3) is 0.739. The van der Waals surface area contributed by atoms with E-state index in [0.717, 1.165) is 5.70 Å². The highest BCUT2D eigenvalue weighted by atomic mass is 14.9. The van der Waals surface area contributed by atoms with Crippen molar-refractivity contribution in [2.45, 2.75) is 0 Å². The van der Waals surface area contributed by atoms with Gasteiger partial charge >= 0.3 is 0 Å². The molecule has 0 aromatic carbocycles. The molecule has 49 valence electrons. The number of dihydropyridines is 1. The number of fused-ring (bicyclic) bond motifs is 1. The van der Waals surface area contributed by atoms with E-state index < -0.39 is 0 Å². The molecular formula is C8H7N2. The molecule has 1 radical (unpaired) electrons. The molecule has 2 heteroatoms. The first-order valence-electron chi connectivity index (χ1n) is 3.17. The fourth-order valence-corrected chi connectivity index (χ4v) is 0.961. The van der Waals surface area contributed by atoms with Crippen molar-refractivity contribution in [2.75, 3.05) is 0 Å². The number of hydrogen-bond acceptors (Lipinski definition) is 1. The lowest BCUT2D eigenvalue weighted by atomic mass is 10.1. The Morgan fingerprint density at radius 2 is 2.40 bits per heavy atom. The molecule has 0 amide bonds. The van der Waals surface area contributed by atoms with Crippen LogP contribution in [0.3, 0.4) is 0 Å². The molecule has 0 fully saturated rings. The van der Waals surface area contributed by atoms with Gasteiger partial charge in [-0.3, -0.25) is 5.32 Å². The summed E-state index contributed by atoms with van der Waals surface area (Å²) in [5.41, 5.74) is 2.27. The molecule has 0 bridgehead atoms. The molecule has 0 spiro atoms. The topological polar surface area (TPSA) is 26.1 Å². The Morgan fingerprint density at radius 1 is 1.40 bits per heavy atom. The number of rotatable bonds is 0. The Labute approximate surface area is 59.6 Å². The zero-order valence-electron chi connectivity index (χ0n) is 5.41. The van der Waals surface area contributed by atoms with Gasteiger partial charge in [0.15, 0.2) is 0 Å². The Hall–Kier alpha value is -1.44. The van der Waals surface area contributed by atoms with Gasteiger partial charge in [0, 0.05) is 18.0 Å². The number of allylic oxidation sites excluding steroid dienone is 3. The van der Waals surface area contributed by atoms with Crippen LogP contribution in [0.15, 0.2) is 48.1 Å². The summed E-state index contributed by atoms with van der Waals surface area (Å²) in [6.07, 6.45) is 11.5. The van der Waals surface area contributed by atoms with E-state index in [9.17, 15) is 0 Å². The van der Waals surface area contributed by atoms with E-state index in [4.69, 9.17) is 0 Å². The zero-order valence-corrected chi connectivity index (χ0v) is 5.41. The van der Waals surface area contributed by atoms with Crippen molar-refractivity contribution in [3.63, 3.8) is 0 Å². The molecule has 2 aliphatic heterocycles. The van der Waals surface area contributed by atoms with Crippen molar-refractivity contribution < 1.29 is 0 Å². The van der Waals surface area contributed by atoms with Gasteiger partial charge in [-0.15, -0.1) is 0 Å². The van der Waals surface area contributed by atoms with E-state index in [1.54, 1.807) is 6.20 Å². The first kappa shape index (κ1) is 5.35. The van der Waals surface area contributed by atoms with Crippen molar-refractivity contribution >= 4 is 0 Å². The van der Waals surface area contributed by atoms with Gasteiger partial charge in [-0.2, -0.15) is 0 Å². The summed E-state index contributed by atoms with van der Waals surface area (Å²) in [4.78, 5) is 0. The quantitative estimate of drug-likeness (QED) is 0.521. The predicted octanol–water partition coefficient (Wildman–Crippen LogP) is 1.00. The molecule has 0 saturated carbocycles. The molecule has 0 aromatic rings. The lowest BCUT2D eigenvalue weighted by molar-refractivity contribution is 0.989. The molecule has 0 aliphatic carbocycles. The van der Waals surface area contributed by atoms with E-state index in [1.165, 1.54) is 5.57 Å². The summed E-state index contributed by atoms with van der Waals surface area (Å²) >= 11 is 0. The molecule has 0 aromatic heterocycles. The summed E-state index contributed by atoms with van der Waals surface area (Å²) in [7, 11) is 0. The zero-order chi connectivity index (χ0) is 6.81. The van der Waals surface area contributed by atoms with Crippen LogP contribution in [0.2, 0.25) is 0 Å². The van der Waals surface area contributed by atoms with Crippen molar-refractivity contribution in [1.29, 1.82) is 0 Å². The second-order valence-electron chi connectivity index (χ2n) is 2.13. The number of hydrogen-bond donors (Lipinski definition) is 1. The molecule has 0 atom stereocenters. The van der Waals surface area contributed by atoms with Crippen molar-refractivity contribution in [1.82, 2.24) is 10.6 Å². The van der Waals surface area contributed by atoms with Gasteiger partial charge < -0.3 is 5.32 Å². The van der Waals surface area contributed by atoms with Gasteiger partial charge in [0.2, 0.25) is 0 Å². The monoisotopic (exact) mass is 131 g/mol. The Bertz CT molecular complexity index is 256.